The molecule has 1 atom stereocenters. The van der Waals surface area contributed by atoms with Crippen LogP contribution in [0.1, 0.15) is 27.1 Å². The number of halogens is 1. The van der Waals surface area contributed by atoms with Gasteiger partial charge in [-0.25, -0.2) is 4.39 Å². The molecule has 1 aromatic carbocycles. The van der Waals surface area contributed by atoms with Gasteiger partial charge in [-0.2, -0.15) is 0 Å². The van der Waals surface area contributed by atoms with Crippen LogP contribution in [0.15, 0.2) is 18.2 Å². The summed E-state index contributed by atoms with van der Waals surface area (Å²) < 4.78 is 13.4. The van der Waals surface area contributed by atoms with Crippen molar-refractivity contribution in [2.75, 3.05) is 6.54 Å². The molecule has 0 saturated carbocycles. The number of ketones is 1. The van der Waals surface area contributed by atoms with E-state index in [1.54, 1.807) is 0 Å². The molecular weight excluding hydrogens is 211 g/mol. The van der Waals surface area contributed by atoms with Crippen molar-refractivity contribution in [3.63, 3.8) is 0 Å². The molecule has 16 heavy (non-hydrogen) atoms. The molecule has 0 unspecified atom stereocenters. The summed E-state index contributed by atoms with van der Waals surface area (Å²) >= 11 is 0. The molecule has 2 rings (SSSR count). The Morgan fingerprint density at radius 2 is 2.12 bits per heavy atom. The summed E-state index contributed by atoms with van der Waals surface area (Å²) in [5, 5.41) is 2.46. The lowest BCUT2D eigenvalue weighted by Crippen LogP contribution is -2.47. The van der Waals surface area contributed by atoms with Crippen LogP contribution in [-0.2, 0) is 0 Å². The Hall–Kier alpha value is -1.75. The van der Waals surface area contributed by atoms with E-state index in [-0.39, 0.29) is 16.9 Å². The van der Waals surface area contributed by atoms with Crippen LogP contribution in [-0.4, -0.2) is 24.3 Å². The summed E-state index contributed by atoms with van der Waals surface area (Å²) in [7, 11) is 0. The minimum Gasteiger partial charge on any atom is -0.342 e. The molecule has 1 aromatic rings. The molecule has 0 saturated heterocycles. The third kappa shape index (κ3) is 1.59. The van der Waals surface area contributed by atoms with Crippen molar-refractivity contribution in [2.45, 2.75) is 12.5 Å². The first-order valence-electron chi connectivity index (χ1n) is 4.99. The van der Waals surface area contributed by atoms with Crippen molar-refractivity contribution in [3.05, 3.63) is 35.1 Å². The van der Waals surface area contributed by atoms with E-state index in [1.165, 1.54) is 12.1 Å². The number of amides is 1. The molecular formula is C11H11FN2O2. The van der Waals surface area contributed by atoms with Crippen molar-refractivity contribution in [3.8, 4) is 0 Å². The van der Waals surface area contributed by atoms with Crippen molar-refractivity contribution >= 4 is 11.7 Å². The van der Waals surface area contributed by atoms with Crippen molar-refractivity contribution in [1.29, 1.82) is 0 Å². The fraction of sp³-hybridized carbons (Fsp3) is 0.273. The molecule has 0 fully saturated rings. The van der Waals surface area contributed by atoms with Crippen LogP contribution in [0.25, 0.3) is 0 Å². The number of hydrogen-bond acceptors (Lipinski definition) is 3. The van der Waals surface area contributed by atoms with E-state index in [0.29, 0.717) is 13.0 Å². The lowest BCUT2D eigenvalue weighted by Gasteiger charge is -2.24. The van der Waals surface area contributed by atoms with Crippen molar-refractivity contribution < 1.29 is 14.0 Å². The third-order valence-corrected chi connectivity index (χ3v) is 2.58. The van der Waals surface area contributed by atoms with Gasteiger partial charge < -0.3 is 11.1 Å². The number of rotatable bonds is 2. The number of nitrogens with one attached hydrogen (secondary N) is 1. The van der Waals surface area contributed by atoms with Crippen molar-refractivity contribution in [2.24, 2.45) is 5.73 Å². The molecule has 3 N–H and O–H groups in total. The predicted molar refractivity (Wildman–Crippen MR) is 55.7 cm³/mol. The normalized spacial score (nSPS) is 19.2. The van der Waals surface area contributed by atoms with E-state index in [2.05, 4.69) is 5.32 Å². The fourth-order valence-corrected chi connectivity index (χ4v) is 1.81. The van der Waals surface area contributed by atoms with Gasteiger partial charge in [0.2, 0.25) is 0 Å². The van der Waals surface area contributed by atoms with Crippen LogP contribution in [0.4, 0.5) is 4.39 Å². The Balaban J connectivity index is 2.47. The number of hydrogen-bond donors (Lipinski definition) is 2. The van der Waals surface area contributed by atoms with E-state index in [1.807, 2.05) is 0 Å². The quantitative estimate of drug-likeness (QED) is 0.764. The molecule has 4 nitrogen and oxygen atoms in total. The third-order valence-electron chi connectivity index (χ3n) is 2.58. The second-order valence-corrected chi connectivity index (χ2v) is 3.63. The highest BCUT2D eigenvalue weighted by Crippen LogP contribution is 2.20. The Labute approximate surface area is 91.6 Å². The SMILES string of the molecule is NCC[C@@H]1NC(=O)c2c(F)cccc2C1=O. The second kappa shape index (κ2) is 4.02. The lowest BCUT2D eigenvalue weighted by atomic mass is 9.92. The fourth-order valence-electron chi connectivity index (χ4n) is 1.81. The van der Waals surface area contributed by atoms with Crippen LogP contribution in [0.5, 0.6) is 0 Å². The molecule has 0 radical (unpaired) electrons. The monoisotopic (exact) mass is 222 g/mol. The van der Waals surface area contributed by atoms with Crippen LogP contribution in [0, 0.1) is 5.82 Å². The number of Topliss-reactive ketones (excluding diaryl/α,β-unsaturated/α-hetero) is 1. The van der Waals surface area contributed by atoms with Gasteiger partial charge in [0.1, 0.15) is 5.82 Å². The van der Waals surface area contributed by atoms with Gasteiger partial charge in [-0.05, 0) is 19.0 Å². The predicted octanol–water partition coefficient (Wildman–Crippen LogP) is 0.469. The van der Waals surface area contributed by atoms with Crippen LogP contribution < -0.4 is 11.1 Å². The van der Waals surface area contributed by atoms with Crippen LogP contribution in [0.3, 0.4) is 0 Å². The summed E-state index contributed by atoms with van der Waals surface area (Å²) in [5.41, 5.74) is 5.31. The molecule has 0 aromatic heterocycles. The number of carbonyl (C=O) groups excluding carboxylic acids is 2. The maximum atomic E-state index is 13.4. The molecule has 5 heteroatoms. The first kappa shape index (κ1) is 10.8. The summed E-state index contributed by atoms with van der Waals surface area (Å²) in [6.07, 6.45) is 0.362. The molecule has 0 aliphatic carbocycles. The minimum atomic E-state index is -0.672. The van der Waals surface area contributed by atoms with E-state index >= 15 is 0 Å². The second-order valence-electron chi connectivity index (χ2n) is 3.63. The Kier molecular flexibility index (Phi) is 2.70. The molecule has 0 bridgehead atoms. The maximum Gasteiger partial charge on any atom is 0.255 e. The van der Waals surface area contributed by atoms with E-state index in [0.717, 1.165) is 6.07 Å². The minimum absolute atomic E-state index is 0.141. The summed E-state index contributed by atoms with van der Waals surface area (Å²) in [5.74, 6) is -1.50. The van der Waals surface area contributed by atoms with Crippen LogP contribution in [0.2, 0.25) is 0 Å². The van der Waals surface area contributed by atoms with Crippen molar-refractivity contribution in [1.82, 2.24) is 5.32 Å². The molecule has 84 valence electrons. The largest absolute Gasteiger partial charge is 0.342 e. The van der Waals surface area contributed by atoms with Gasteiger partial charge >= 0.3 is 0 Å². The average Bonchev–Trinajstić information content (AvgIpc) is 2.25. The highest BCUT2D eigenvalue weighted by molar-refractivity contribution is 6.15. The molecule has 1 heterocycles. The van der Waals surface area contributed by atoms with Gasteiger partial charge in [0.25, 0.3) is 5.91 Å². The van der Waals surface area contributed by atoms with Gasteiger partial charge in [-0.1, -0.05) is 12.1 Å². The first-order chi connectivity index (χ1) is 7.65. The lowest BCUT2D eigenvalue weighted by molar-refractivity contribution is 0.0820. The van der Waals surface area contributed by atoms with Gasteiger partial charge in [0, 0.05) is 5.56 Å². The number of carbonyl (C=O) groups is 2. The maximum absolute atomic E-state index is 13.4. The molecule has 1 aliphatic heterocycles. The number of nitrogens with two attached hydrogens (primary N) is 1. The van der Waals surface area contributed by atoms with Gasteiger partial charge in [-0.3, -0.25) is 9.59 Å². The van der Waals surface area contributed by atoms with E-state index < -0.39 is 17.8 Å². The summed E-state index contributed by atoms with van der Waals surface area (Å²) in [6, 6.07) is 3.41. The van der Waals surface area contributed by atoms with Gasteiger partial charge in [0.15, 0.2) is 5.78 Å². The molecule has 1 aliphatic rings. The van der Waals surface area contributed by atoms with E-state index in [4.69, 9.17) is 5.73 Å². The zero-order valence-corrected chi connectivity index (χ0v) is 8.50. The number of fused-ring (bicyclic) bond motifs is 1. The summed E-state index contributed by atoms with van der Waals surface area (Å²) in [6.45, 7) is 0.293. The molecule has 0 spiro atoms. The van der Waals surface area contributed by atoms with Gasteiger partial charge in [0.05, 0.1) is 11.6 Å². The highest BCUT2D eigenvalue weighted by Gasteiger charge is 2.33. The highest BCUT2D eigenvalue weighted by atomic mass is 19.1. The number of benzene rings is 1. The average molecular weight is 222 g/mol. The smallest absolute Gasteiger partial charge is 0.255 e. The zero-order valence-electron chi connectivity index (χ0n) is 8.50. The van der Waals surface area contributed by atoms with E-state index in [9.17, 15) is 14.0 Å². The van der Waals surface area contributed by atoms with Gasteiger partial charge in [-0.15, -0.1) is 0 Å². The zero-order chi connectivity index (χ0) is 11.7. The standard InChI is InChI=1S/C11H11FN2O2/c12-7-3-1-2-6-9(7)11(16)14-8(4-5-13)10(6)15/h1-3,8H,4-5,13H2,(H,14,16)/t8-/m0/s1. The first-order valence-corrected chi connectivity index (χ1v) is 4.99. The van der Waals surface area contributed by atoms with Crippen LogP contribution >= 0.6 is 0 Å². The Morgan fingerprint density at radius 3 is 2.81 bits per heavy atom. The molecule has 1 amide bonds. The summed E-state index contributed by atoms with van der Waals surface area (Å²) in [4.78, 5) is 23.5. The Morgan fingerprint density at radius 1 is 1.38 bits per heavy atom. The Bertz CT molecular complexity index is 459. The topological polar surface area (TPSA) is 72.2 Å².